The monoisotopic (exact) mass is 542 g/mol. The molecule has 1 aromatic heterocycles. The third-order valence-electron chi connectivity index (χ3n) is 10.4. The van der Waals surface area contributed by atoms with E-state index in [-0.39, 0.29) is 17.8 Å². The largest absolute Gasteiger partial charge is 0.489 e. The van der Waals surface area contributed by atoms with E-state index in [0.717, 1.165) is 78.5 Å². The van der Waals surface area contributed by atoms with E-state index in [1.54, 1.807) is 6.07 Å². The maximum atomic E-state index is 14.8. The van der Waals surface area contributed by atoms with Gasteiger partial charge >= 0.3 is 0 Å². The van der Waals surface area contributed by atoms with Crippen molar-refractivity contribution in [3.63, 3.8) is 0 Å². The van der Waals surface area contributed by atoms with Crippen molar-refractivity contribution in [3.05, 3.63) is 118 Å². The van der Waals surface area contributed by atoms with Crippen LogP contribution in [0.15, 0.2) is 78.9 Å². The van der Waals surface area contributed by atoms with Gasteiger partial charge in [0.05, 0.1) is 0 Å². The van der Waals surface area contributed by atoms with Crippen molar-refractivity contribution in [3.8, 4) is 16.9 Å². The quantitative estimate of drug-likeness (QED) is 0.254. The highest BCUT2D eigenvalue weighted by atomic mass is 19.1. The normalized spacial score (nSPS) is 22.9. The van der Waals surface area contributed by atoms with Crippen LogP contribution in [-0.2, 0) is 18.4 Å². The number of pyridine rings is 1. The Morgan fingerprint density at radius 2 is 1.85 bits per heavy atom. The summed E-state index contributed by atoms with van der Waals surface area (Å²) in [5.41, 5.74) is 9.40. The second kappa shape index (κ2) is 9.30. The van der Waals surface area contributed by atoms with Crippen LogP contribution < -0.4 is 9.64 Å². The molecule has 3 aliphatic carbocycles. The van der Waals surface area contributed by atoms with Gasteiger partial charge in [-0.25, -0.2) is 9.37 Å². The molecule has 8 rings (SSSR count). The van der Waals surface area contributed by atoms with E-state index in [1.807, 2.05) is 18.2 Å². The maximum Gasteiger partial charge on any atom is 0.129 e. The molecule has 3 nitrogen and oxygen atoms in total. The third kappa shape index (κ3) is 4.10. The molecule has 41 heavy (non-hydrogen) atoms. The standard InChI is InChI=1S/C37H35FN2O/c1-23-32-21-27-20-29(8-9-31(27)36(23)32)41-22-28-19-26(7-11-34(28)38)30-10-12-35(39-24(30)2)40-17-15-37(16-18-40)14-13-25-5-3-4-6-33(25)37/h3-14,19-20,23,32,36H,15-18,21-22H2,1-2H3/t23-,32-,36-/m0/s1. The van der Waals surface area contributed by atoms with Gasteiger partial charge in [-0.1, -0.05) is 55.5 Å². The Labute approximate surface area is 241 Å². The fourth-order valence-corrected chi connectivity index (χ4v) is 7.85. The number of halogens is 1. The van der Waals surface area contributed by atoms with Crippen LogP contribution in [0.3, 0.4) is 0 Å². The molecule has 1 spiro atoms. The minimum atomic E-state index is -0.239. The van der Waals surface area contributed by atoms with Crippen LogP contribution >= 0.6 is 0 Å². The highest BCUT2D eigenvalue weighted by Crippen LogP contribution is 2.61. The smallest absolute Gasteiger partial charge is 0.129 e. The summed E-state index contributed by atoms with van der Waals surface area (Å²) in [5, 5.41) is 0. The first kappa shape index (κ1) is 24.8. The van der Waals surface area contributed by atoms with Crippen LogP contribution in [0.2, 0.25) is 0 Å². The van der Waals surface area contributed by atoms with Crippen LogP contribution in [0.25, 0.3) is 17.2 Å². The minimum Gasteiger partial charge on any atom is -0.489 e. The van der Waals surface area contributed by atoms with Crippen LogP contribution in [-0.4, -0.2) is 18.1 Å². The number of fused-ring (bicyclic) bond motifs is 5. The molecule has 0 N–H and O–H groups in total. The molecule has 3 aromatic carbocycles. The molecule has 4 heteroatoms. The Hall–Kier alpha value is -3.92. The van der Waals surface area contributed by atoms with Crippen LogP contribution in [0, 0.1) is 24.6 Å². The summed E-state index contributed by atoms with van der Waals surface area (Å²) < 4.78 is 20.9. The molecule has 4 aliphatic rings. The van der Waals surface area contributed by atoms with E-state index < -0.39 is 0 Å². The molecule has 0 unspecified atom stereocenters. The lowest BCUT2D eigenvalue weighted by Gasteiger charge is -2.40. The van der Waals surface area contributed by atoms with Crippen molar-refractivity contribution in [1.29, 1.82) is 0 Å². The third-order valence-corrected chi connectivity index (χ3v) is 10.4. The Morgan fingerprint density at radius 3 is 2.71 bits per heavy atom. The van der Waals surface area contributed by atoms with Crippen molar-refractivity contribution < 1.29 is 9.13 Å². The molecular formula is C37H35FN2O. The van der Waals surface area contributed by atoms with Gasteiger partial charge in [0, 0.05) is 35.3 Å². The number of benzene rings is 3. The van der Waals surface area contributed by atoms with Gasteiger partial charge in [0.25, 0.3) is 0 Å². The topological polar surface area (TPSA) is 25.4 Å². The molecule has 0 bridgehead atoms. The van der Waals surface area contributed by atoms with Gasteiger partial charge in [0.15, 0.2) is 0 Å². The molecule has 206 valence electrons. The van der Waals surface area contributed by atoms with Crippen molar-refractivity contribution in [1.82, 2.24) is 4.98 Å². The van der Waals surface area contributed by atoms with E-state index in [9.17, 15) is 4.39 Å². The van der Waals surface area contributed by atoms with E-state index >= 15 is 0 Å². The average molecular weight is 543 g/mol. The number of rotatable bonds is 5. The van der Waals surface area contributed by atoms with Crippen LogP contribution in [0.1, 0.15) is 59.2 Å². The van der Waals surface area contributed by atoms with E-state index in [1.165, 1.54) is 22.3 Å². The maximum absolute atomic E-state index is 14.8. The molecule has 3 atom stereocenters. The molecule has 1 aliphatic heterocycles. The predicted molar refractivity (Wildman–Crippen MR) is 163 cm³/mol. The predicted octanol–water partition coefficient (Wildman–Crippen LogP) is 8.25. The molecule has 2 fully saturated rings. The summed E-state index contributed by atoms with van der Waals surface area (Å²) in [6.07, 6.45) is 8.04. The fraction of sp³-hybridized carbons (Fsp3) is 0.324. The van der Waals surface area contributed by atoms with E-state index in [0.29, 0.717) is 5.56 Å². The molecule has 2 heterocycles. The highest BCUT2D eigenvalue weighted by Gasteiger charge is 2.52. The highest BCUT2D eigenvalue weighted by molar-refractivity contribution is 5.69. The lowest BCUT2D eigenvalue weighted by atomic mass is 9.74. The Bertz CT molecular complexity index is 1700. The van der Waals surface area contributed by atoms with Gasteiger partial charge in [0.1, 0.15) is 24.0 Å². The summed E-state index contributed by atoms with van der Waals surface area (Å²) in [6, 6.07) is 24.8. The number of aromatic nitrogens is 1. The zero-order valence-corrected chi connectivity index (χ0v) is 23.7. The molecule has 0 radical (unpaired) electrons. The molecule has 1 saturated carbocycles. The summed E-state index contributed by atoms with van der Waals surface area (Å²) in [6.45, 7) is 6.56. The first-order valence-corrected chi connectivity index (χ1v) is 15.0. The van der Waals surface area contributed by atoms with Crippen molar-refractivity contribution >= 4 is 11.9 Å². The van der Waals surface area contributed by atoms with E-state index in [2.05, 4.69) is 79.4 Å². The van der Waals surface area contributed by atoms with Gasteiger partial charge in [0.2, 0.25) is 0 Å². The number of piperidine rings is 1. The number of hydrogen-bond donors (Lipinski definition) is 0. The van der Waals surface area contributed by atoms with Gasteiger partial charge in [-0.2, -0.15) is 0 Å². The SMILES string of the molecule is Cc1nc(N2CCC3(C=Cc4ccccc43)CC2)ccc1-c1ccc(F)c(COc2ccc3c(c2)C[C@H]2[C@H](C)[C@@H]32)c1. The average Bonchev–Trinajstić information content (AvgIpc) is 3.29. The van der Waals surface area contributed by atoms with Gasteiger partial charge in [-0.15, -0.1) is 0 Å². The summed E-state index contributed by atoms with van der Waals surface area (Å²) in [5.74, 6) is 3.97. The van der Waals surface area contributed by atoms with Crippen LogP contribution in [0.5, 0.6) is 5.75 Å². The fourth-order valence-electron chi connectivity index (χ4n) is 7.85. The second-order valence-electron chi connectivity index (χ2n) is 12.6. The first-order chi connectivity index (χ1) is 20.0. The van der Waals surface area contributed by atoms with Crippen molar-refractivity contribution in [2.75, 3.05) is 18.0 Å². The van der Waals surface area contributed by atoms with Crippen LogP contribution in [0.4, 0.5) is 10.2 Å². The molecule has 0 amide bonds. The van der Waals surface area contributed by atoms with E-state index in [4.69, 9.17) is 9.72 Å². The number of hydrogen-bond acceptors (Lipinski definition) is 3. The first-order valence-electron chi connectivity index (χ1n) is 15.0. The zero-order chi connectivity index (χ0) is 27.7. The van der Waals surface area contributed by atoms with Crippen molar-refractivity contribution in [2.24, 2.45) is 11.8 Å². The van der Waals surface area contributed by atoms with Gasteiger partial charge in [-0.3, -0.25) is 0 Å². The number of nitrogens with zero attached hydrogens (tertiary/aromatic N) is 2. The number of allylic oxidation sites excluding steroid dienone is 1. The zero-order valence-electron chi connectivity index (χ0n) is 23.7. The Kier molecular flexibility index (Phi) is 5.64. The lowest BCUT2D eigenvalue weighted by Crippen LogP contribution is -2.41. The van der Waals surface area contributed by atoms with Gasteiger partial charge < -0.3 is 9.64 Å². The number of aryl methyl sites for hydroxylation is 1. The summed E-state index contributed by atoms with van der Waals surface area (Å²) in [7, 11) is 0. The number of anilines is 1. The Balaban J connectivity index is 0.962. The summed E-state index contributed by atoms with van der Waals surface area (Å²) >= 11 is 0. The van der Waals surface area contributed by atoms with Gasteiger partial charge in [-0.05, 0) is 108 Å². The Morgan fingerprint density at radius 1 is 1.00 bits per heavy atom. The molecular weight excluding hydrogens is 507 g/mol. The second-order valence-corrected chi connectivity index (χ2v) is 12.6. The molecule has 4 aromatic rings. The molecule has 1 saturated heterocycles. The minimum absolute atomic E-state index is 0.160. The lowest BCUT2D eigenvalue weighted by molar-refractivity contribution is 0.299. The van der Waals surface area contributed by atoms with Crippen molar-refractivity contribution in [2.45, 2.75) is 51.0 Å². The number of ether oxygens (including phenoxy) is 1. The summed E-state index contributed by atoms with van der Waals surface area (Å²) in [4.78, 5) is 7.41.